The normalized spacial score (nSPS) is 16.8. The SMILES string of the molecule is CCCOc1cccc(C2C(=C(O)c3ccc(Cl)cc3)C(=O)C(=O)N2c2nc(C)c(C(=O)OCC)s2)c1. The second kappa shape index (κ2) is 11.1. The maximum atomic E-state index is 13.4. The third kappa shape index (κ3) is 5.23. The minimum Gasteiger partial charge on any atom is -0.507 e. The molecule has 2 heterocycles. The van der Waals surface area contributed by atoms with E-state index in [1.165, 1.54) is 4.90 Å². The van der Waals surface area contributed by atoms with Gasteiger partial charge in [0.15, 0.2) is 5.13 Å². The fourth-order valence-corrected chi connectivity index (χ4v) is 5.09. The number of hydrogen-bond acceptors (Lipinski definition) is 8. The van der Waals surface area contributed by atoms with E-state index in [1.54, 1.807) is 62.4 Å². The molecule has 3 aromatic rings. The molecular weight excluding hydrogens is 516 g/mol. The van der Waals surface area contributed by atoms with Crippen LogP contribution < -0.4 is 9.64 Å². The van der Waals surface area contributed by atoms with Crippen LogP contribution in [-0.4, -0.2) is 41.0 Å². The molecule has 0 spiro atoms. The highest BCUT2D eigenvalue weighted by molar-refractivity contribution is 7.17. The number of rotatable bonds is 8. The van der Waals surface area contributed by atoms with Gasteiger partial charge in [-0.25, -0.2) is 9.78 Å². The van der Waals surface area contributed by atoms with Crippen molar-refractivity contribution in [3.05, 3.63) is 80.8 Å². The average Bonchev–Trinajstić information content (AvgIpc) is 3.40. The molecule has 10 heteroatoms. The van der Waals surface area contributed by atoms with Crippen LogP contribution in [-0.2, 0) is 14.3 Å². The number of halogens is 1. The second-order valence-corrected chi connectivity index (χ2v) is 9.64. The van der Waals surface area contributed by atoms with E-state index in [-0.39, 0.29) is 27.9 Å². The molecule has 1 aliphatic heterocycles. The standard InChI is InChI=1S/C27H25ClN2O6S/c1-4-13-36-19-8-6-7-17(14-19)21-20(22(31)16-9-11-18(28)12-10-16)23(32)25(33)30(21)27-29-15(3)24(37-27)26(34)35-5-2/h6-12,14,21,31H,4-5,13H2,1-3H3. The first-order valence-corrected chi connectivity index (χ1v) is 12.9. The molecule has 0 bridgehead atoms. The van der Waals surface area contributed by atoms with Crippen molar-refractivity contribution in [1.29, 1.82) is 0 Å². The predicted molar refractivity (Wildman–Crippen MR) is 141 cm³/mol. The Hall–Kier alpha value is -3.69. The minimum atomic E-state index is -1.01. The highest BCUT2D eigenvalue weighted by Crippen LogP contribution is 2.44. The second-order valence-electron chi connectivity index (χ2n) is 8.23. The topological polar surface area (TPSA) is 106 Å². The highest BCUT2D eigenvalue weighted by Gasteiger charge is 2.48. The van der Waals surface area contributed by atoms with Gasteiger partial charge in [0.25, 0.3) is 5.78 Å². The summed E-state index contributed by atoms with van der Waals surface area (Å²) in [7, 11) is 0. The molecule has 0 radical (unpaired) electrons. The van der Waals surface area contributed by atoms with Gasteiger partial charge >= 0.3 is 11.9 Å². The van der Waals surface area contributed by atoms with Crippen molar-refractivity contribution >= 4 is 51.5 Å². The number of aliphatic hydroxyl groups excluding tert-OH is 1. The van der Waals surface area contributed by atoms with Crippen LogP contribution in [0.1, 0.15) is 52.8 Å². The summed E-state index contributed by atoms with van der Waals surface area (Å²) in [6, 6.07) is 12.3. The lowest BCUT2D eigenvalue weighted by Gasteiger charge is -2.23. The van der Waals surface area contributed by atoms with Gasteiger partial charge in [-0.3, -0.25) is 14.5 Å². The monoisotopic (exact) mass is 540 g/mol. The van der Waals surface area contributed by atoms with Gasteiger partial charge in [0.1, 0.15) is 16.4 Å². The fraction of sp³-hybridized carbons (Fsp3) is 0.259. The van der Waals surface area contributed by atoms with Gasteiger partial charge in [-0.15, -0.1) is 0 Å². The van der Waals surface area contributed by atoms with E-state index in [1.807, 2.05) is 6.92 Å². The molecular formula is C27H25ClN2O6S. The number of aliphatic hydroxyl groups is 1. The molecule has 1 unspecified atom stereocenters. The summed E-state index contributed by atoms with van der Waals surface area (Å²) in [4.78, 5) is 45.0. The maximum Gasteiger partial charge on any atom is 0.350 e. The Balaban J connectivity index is 1.90. The summed E-state index contributed by atoms with van der Waals surface area (Å²) in [6.45, 7) is 5.98. The van der Waals surface area contributed by atoms with Crippen molar-refractivity contribution in [3.63, 3.8) is 0 Å². The molecule has 1 saturated heterocycles. The third-order valence-electron chi connectivity index (χ3n) is 5.66. The van der Waals surface area contributed by atoms with Crippen LogP contribution in [0.15, 0.2) is 54.1 Å². The van der Waals surface area contributed by atoms with Crippen molar-refractivity contribution in [2.24, 2.45) is 0 Å². The number of ketones is 1. The lowest BCUT2D eigenvalue weighted by atomic mass is 9.95. The molecule has 1 fully saturated rings. The minimum absolute atomic E-state index is 0.106. The van der Waals surface area contributed by atoms with Crippen LogP contribution in [0.4, 0.5) is 5.13 Å². The molecule has 37 heavy (non-hydrogen) atoms. The lowest BCUT2D eigenvalue weighted by molar-refractivity contribution is -0.132. The van der Waals surface area contributed by atoms with Crippen LogP contribution >= 0.6 is 22.9 Å². The number of amides is 1. The van der Waals surface area contributed by atoms with E-state index in [4.69, 9.17) is 21.1 Å². The van der Waals surface area contributed by atoms with Crippen LogP contribution in [0.25, 0.3) is 5.76 Å². The summed E-state index contributed by atoms with van der Waals surface area (Å²) in [5.74, 6) is -2.10. The Morgan fingerprint density at radius 2 is 1.89 bits per heavy atom. The van der Waals surface area contributed by atoms with E-state index in [2.05, 4.69) is 4.98 Å². The summed E-state index contributed by atoms with van der Waals surface area (Å²) in [5, 5.41) is 11.8. The lowest BCUT2D eigenvalue weighted by Crippen LogP contribution is -2.29. The number of nitrogens with zero attached hydrogens (tertiary/aromatic N) is 2. The Kier molecular flexibility index (Phi) is 7.94. The average molecular weight is 541 g/mol. The number of benzene rings is 2. The van der Waals surface area contributed by atoms with Crippen molar-refractivity contribution in [2.75, 3.05) is 18.1 Å². The molecule has 0 saturated carbocycles. The van der Waals surface area contributed by atoms with Gasteiger partial charge in [-0.2, -0.15) is 0 Å². The molecule has 4 rings (SSSR count). The molecule has 1 aliphatic rings. The molecule has 1 atom stereocenters. The molecule has 1 aromatic heterocycles. The molecule has 1 N–H and O–H groups in total. The molecule has 8 nitrogen and oxygen atoms in total. The number of aryl methyl sites for hydroxylation is 1. The number of ether oxygens (including phenoxy) is 2. The summed E-state index contributed by atoms with van der Waals surface area (Å²) in [6.07, 6.45) is 0.800. The number of carbonyl (C=O) groups excluding carboxylic acids is 3. The number of hydrogen-bond donors (Lipinski definition) is 1. The van der Waals surface area contributed by atoms with Crippen molar-refractivity contribution in [1.82, 2.24) is 4.98 Å². The largest absolute Gasteiger partial charge is 0.507 e. The van der Waals surface area contributed by atoms with Crippen LogP contribution in [0.2, 0.25) is 5.02 Å². The Morgan fingerprint density at radius 3 is 2.57 bits per heavy atom. The zero-order valence-corrected chi connectivity index (χ0v) is 22.1. The van der Waals surface area contributed by atoms with Crippen molar-refractivity contribution in [3.8, 4) is 5.75 Å². The summed E-state index contributed by atoms with van der Waals surface area (Å²) >= 11 is 6.95. The van der Waals surface area contributed by atoms with E-state index < -0.39 is 23.7 Å². The van der Waals surface area contributed by atoms with E-state index >= 15 is 0 Å². The Morgan fingerprint density at radius 1 is 1.16 bits per heavy atom. The van der Waals surface area contributed by atoms with Crippen molar-refractivity contribution < 1.29 is 29.0 Å². The van der Waals surface area contributed by atoms with E-state index in [0.29, 0.717) is 34.2 Å². The molecule has 2 aromatic carbocycles. The van der Waals surface area contributed by atoms with Gasteiger partial charge in [0.2, 0.25) is 0 Å². The maximum absolute atomic E-state index is 13.4. The number of carbonyl (C=O) groups is 3. The highest BCUT2D eigenvalue weighted by atomic mass is 35.5. The van der Waals surface area contributed by atoms with E-state index in [0.717, 1.165) is 17.8 Å². The van der Waals surface area contributed by atoms with Gasteiger partial charge < -0.3 is 14.6 Å². The number of anilines is 1. The third-order valence-corrected chi connectivity index (χ3v) is 7.05. The Bertz CT molecular complexity index is 1380. The smallest absolute Gasteiger partial charge is 0.350 e. The quantitative estimate of drug-likeness (QED) is 0.169. The first-order valence-electron chi connectivity index (χ1n) is 11.7. The van der Waals surface area contributed by atoms with Crippen LogP contribution in [0, 0.1) is 6.92 Å². The van der Waals surface area contributed by atoms with Crippen LogP contribution in [0.3, 0.4) is 0 Å². The first-order chi connectivity index (χ1) is 17.8. The van der Waals surface area contributed by atoms with Gasteiger partial charge in [-0.05, 0) is 62.2 Å². The zero-order chi connectivity index (χ0) is 26.7. The molecule has 0 aliphatic carbocycles. The predicted octanol–water partition coefficient (Wildman–Crippen LogP) is 5.70. The summed E-state index contributed by atoms with van der Waals surface area (Å²) < 4.78 is 10.9. The number of esters is 1. The number of aromatic nitrogens is 1. The fourth-order valence-electron chi connectivity index (χ4n) is 3.97. The first kappa shape index (κ1) is 26.4. The number of thiazole rings is 1. The Labute approximate surface area is 223 Å². The van der Waals surface area contributed by atoms with Crippen LogP contribution in [0.5, 0.6) is 5.75 Å². The van der Waals surface area contributed by atoms with Gasteiger partial charge in [0, 0.05) is 10.6 Å². The molecule has 1 amide bonds. The van der Waals surface area contributed by atoms with Gasteiger partial charge in [0.05, 0.1) is 30.5 Å². The number of Topliss-reactive ketones (excluding diaryl/α,β-unsaturated/α-hetero) is 1. The zero-order valence-electron chi connectivity index (χ0n) is 20.5. The van der Waals surface area contributed by atoms with Crippen molar-refractivity contribution in [2.45, 2.75) is 33.2 Å². The van der Waals surface area contributed by atoms with E-state index in [9.17, 15) is 19.5 Å². The summed E-state index contributed by atoms with van der Waals surface area (Å²) in [5.41, 5.74) is 1.13. The molecule has 192 valence electrons. The van der Waals surface area contributed by atoms with Gasteiger partial charge in [-0.1, -0.05) is 42.0 Å².